The lowest BCUT2D eigenvalue weighted by molar-refractivity contribution is 0.292. The topological polar surface area (TPSA) is 47.0 Å². The van der Waals surface area contributed by atoms with E-state index in [0.29, 0.717) is 18.4 Å². The van der Waals surface area contributed by atoms with Crippen molar-refractivity contribution in [3.05, 3.63) is 47.8 Å². The molecule has 0 aliphatic heterocycles. The van der Waals surface area contributed by atoms with Crippen molar-refractivity contribution in [2.24, 2.45) is 0 Å². The van der Waals surface area contributed by atoms with Crippen LogP contribution in [0.3, 0.4) is 0 Å². The summed E-state index contributed by atoms with van der Waals surface area (Å²) in [7, 11) is 0. The van der Waals surface area contributed by atoms with E-state index in [1.165, 1.54) is 12.8 Å². The minimum absolute atomic E-state index is 0.521. The summed E-state index contributed by atoms with van der Waals surface area (Å²) in [6, 6.07) is 12.0. The van der Waals surface area contributed by atoms with E-state index in [1.807, 2.05) is 24.3 Å². The van der Waals surface area contributed by atoms with Gasteiger partial charge < -0.3 is 10.1 Å². The highest BCUT2D eigenvalue weighted by Gasteiger charge is 2.27. The summed E-state index contributed by atoms with van der Waals surface area (Å²) >= 11 is 0. The average molecular weight is 283 g/mol. The van der Waals surface area contributed by atoms with E-state index < -0.39 is 0 Å². The number of ether oxygens (including phenoxy) is 1. The number of benzene rings is 1. The molecule has 1 aromatic heterocycles. The quantitative estimate of drug-likeness (QED) is 0.840. The number of anilines is 1. The van der Waals surface area contributed by atoms with Crippen LogP contribution in [-0.4, -0.2) is 16.5 Å². The van der Waals surface area contributed by atoms with Gasteiger partial charge in [0.15, 0.2) is 0 Å². The molecule has 2 aromatic rings. The molecule has 1 saturated carbocycles. The molecule has 0 unspecified atom stereocenters. The van der Waals surface area contributed by atoms with Gasteiger partial charge in [0.1, 0.15) is 18.2 Å². The Balaban J connectivity index is 1.72. The number of rotatable bonds is 7. The highest BCUT2D eigenvalue weighted by Crippen LogP contribution is 2.39. The molecule has 1 N–H and O–H groups in total. The minimum atomic E-state index is 0.521. The number of hydrogen-bond donors (Lipinski definition) is 1. The Hall–Kier alpha value is -2.10. The van der Waals surface area contributed by atoms with Gasteiger partial charge in [0.05, 0.1) is 0 Å². The number of nitrogens with one attached hydrogen (secondary N) is 1. The summed E-state index contributed by atoms with van der Waals surface area (Å²) in [5, 5.41) is 3.32. The number of nitrogens with zero attached hydrogens (tertiary/aromatic N) is 2. The fourth-order valence-corrected chi connectivity index (χ4v) is 2.12. The molecule has 1 aliphatic carbocycles. The van der Waals surface area contributed by atoms with Crippen LogP contribution in [0.2, 0.25) is 0 Å². The summed E-state index contributed by atoms with van der Waals surface area (Å²) in [4.78, 5) is 9.13. The smallest absolute Gasteiger partial charge is 0.219 e. The van der Waals surface area contributed by atoms with Crippen molar-refractivity contribution < 1.29 is 4.74 Å². The first-order valence-corrected chi connectivity index (χ1v) is 7.64. The third-order valence-electron chi connectivity index (χ3n) is 3.45. The molecule has 4 heteroatoms. The molecule has 0 radical (unpaired) electrons. The summed E-state index contributed by atoms with van der Waals surface area (Å²) in [6.07, 6.45) is 3.45. The van der Waals surface area contributed by atoms with E-state index in [4.69, 9.17) is 4.74 Å². The van der Waals surface area contributed by atoms with Crippen molar-refractivity contribution in [1.29, 1.82) is 0 Å². The zero-order chi connectivity index (χ0) is 14.5. The van der Waals surface area contributed by atoms with Crippen LogP contribution in [-0.2, 0) is 6.61 Å². The number of aromatic nitrogens is 2. The van der Waals surface area contributed by atoms with Crippen LogP contribution in [0.25, 0.3) is 0 Å². The van der Waals surface area contributed by atoms with E-state index in [1.54, 1.807) is 0 Å². The molecule has 0 atom stereocenters. The maximum atomic E-state index is 5.84. The minimum Gasteiger partial charge on any atom is -0.473 e. The van der Waals surface area contributed by atoms with E-state index in [9.17, 15) is 0 Å². The summed E-state index contributed by atoms with van der Waals surface area (Å²) < 4.78 is 5.84. The van der Waals surface area contributed by atoms with Crippen LogP contribution >= 0.6 is 0 Å². The molecule has 21 heavy (non-hydrogen) atoms. The first kappa shape index (κ1) is 13.9. The summed E-state index contributed by atoms with van der Waals surface area (Å²) in [6.45, 7) is 3.59. The third-order valence-corrected chi connectivity index (χ3v) is 3.45. The fraction of sp³-hybridized carbons (Fsp3) is 0.412. The van der Waals surface area contributed by atoms with Gasteiger partial charge in [0, 0.05) is 18.5 Å². The van der Waals surface area contributed by atoms with Gasteiger partial charge >= 0.3 is 0 Å². The lowest BCUT2D eigenvalue weighted by atomic mass is 10.2. The van der Waals surface area contributed by atoms with Gasteiger partial charge in [0.2, 0.25) is 5.88 Å². The molecule has 0 bridgehead atoms. The van der Waals surface area contributed by atoms with Crippen LogP contribution in [0, 0.1) is 0 Å². The van der Waals surface area contributed by atoms with E-state index in [0.717, 1.165) is 30.2 Å². The van der Waals surface area contributed by atoms with E-state index >= 15 is 0 Å². The molecule has 3 rings (SSSR count). The Morgan fingerprint density at radius 1 is 1.19 bits per heavy atom. The Labute approximate surface area is 125 Å². The predicted molar refractivity (Wildman–Crippen MR) is 83.6 cm³/mol. The van der Waals surface area contributed by atoms with Crippen molar-refractivity contribution in [3.63, 3.8) is 0 Å². The first-order valence-electron chi connectivity index (χ1n) is 7.64. The van der Waals surface area contributed by atoms with Gasteiger partial charge in [-0.05, 0) is 24.8 Å². The zero-order valence-corrected chi connectivity index (χ0v) is 12.4. The molecule has 0 amide bonds. The predicted octanol–water partition coefficient (Wildman–Crippen LogP) is 3.75. The second-order valence-corrected chi connectivity index (χ2v) is 5.42. The zero-order valence-electron chi connectivity index (χ0n) is 12.4. The number of hydrogen-bond acceptors (Lipinski definition) is 4. The van der Waals surface area contributed by atoms with Gasteiger partial charge in [-0.2, -0.15) is 4.98 Å². The highest BCUT2D eigenvalue weighted by molar-refractivity contribution is 5.39. The monoisotopic (exact) mass is 283 g/mol. The largest absolute Gasteiger partial charge is 0.473 e. The molecular weight excluding hydrogens is 262 g/mol. The normalized spacial score (nSPS) is 14.0. The molecule has 1 aliphatic rings. The molecule has 1 heterocycles. The Morgan fingerprint density at radius 3 is 2.71 bits per heavy atom. The van der Waals surface area contributed by atoms with Crippen molar-refractivity contribution in [1.82, 2.24) is 9.97 Å². The second kappa shape index (κ2) is 6.57. The Bertz CT molecular complexity index is 582. The molecule has 110 valence electrons. The second-order valence-electron chi connectivity index (χ2n) is 5.42. The third kappa shape index (κ3) is 3.94. The Kier molecular flexibility index (Phi) is 4.34. The molecule has 4 nitrogen and oxygen atoms in total. The van der Waals surface area contributed by atoms with Gasteiger partial charge in [0.25, 0.3) is 0 Å². The summed E-state index contributed by atoms with van der Waals surface area (Å²) in [5.41, 5.74) is 1.15. The van der Waals surface area contributed by atoms with Crippen molar-refractivity contribution in [2.45, 2.75) is 38.7 Å². The van der Waals surface area contributed by atoms with Crippen LogP contribution in [0.4, 0.5) is 5.82 Å². The molecular formula is C17H21N3O. The maximum absolute atomic E-state index is 5.84. The van der Waals surface area contributed by atoms with E-state index in [2.05, 4.69) is 34.3 Å². The molecule has 1 fully saturated rings. The van der Waals surface area contributed by atoms with Gasteiger partial charge in [-0.1, -0.05) is 37.3 Å². The van der Waals surface area contributed by atoms with Crippen LogP contribution in [0.1, 0.15) is 43.5 Å². The highest BCUT2D eigenvalue weighted by atomic mass is 16.5. The molecule has 0 saturated heterocycles. The van der Waals surface area contributed by atoms with Crippen molar-refractivity contribution >= 4 is 5.82 Å². The van der Waals surface area contributed by atoms with Crippen LogP contribution < -0.4 is 10.1 Å². The summed E-state index contributed by atoms with van der Waals surface area (Å²) in [5.74, 6) is 2.97. The fourth-order valence-electron chi connectivity index (χ4n) is 2.12. The lowest BCUT2D eigenvalue weighted by Crippen LogP contribution is -2.07. The van der Waals surface area contributed by atoms with Gasteiger partial charge in [-0.25, -0.2) is 4.98 Å². The lowest BCUT2D eigenvalue weighted by Gasteiger charge is -2.10. The Morgan fingerprint density at radius 2 is 2.00 bits per heavy atom. The van der Waals surface area contributed by atoms with Gasteiger partial charge in [-0.3, -0.25) is 0 Å². The maximum Gasteiger partial charge on any atom is 0.219 e. The van der Waals surface area contributed by atoms with Crippen LogP contribution in [0.5, 0.6) is 5.88 Å². The molecule has 1 aromatic carbocycles. The average Bonchev–Trinajstić information content (AvgIpc) is 3.37. The van der Waals surface area contributed by atoms with Crippen LogP contribution in [0.15, 0.2) is 36.4 Å². The van der Waals surface area contributed by atoms with E-state index in [-0.39, 0.29) is 0 Å². The molecule has 0 spiro atoms. The van der Waals surface area contributed by atoms with Crippen molar-refractivity contribution in [3.8, 4) is 5.88 Å². The van der Waals surface area contributed by atoms with Crippen molar-refractivity contribution in [2.75, 3.05) is 11.9 Å². The van der Waals surface area contributed by atoms with Gasteiger partial charge in [-0.15, -0.1) is 0 Å². The first-order chi connectivity index (χ1) is 10.3. The SMILES string of the molecule is CCCNc1cc(OCc2ccccc2)nc(C2CC2)n1. The standard InChI is InChI=1S/C17H21N3O/c1-2-10-18-15-11-16(20-17(19-15)14-8-9-14)21-12-13-6-4-3-5-7-13/h3-7,11,14H,2,8-10,12H2,1H3,(H,18,19,20).